The maximum absolute atomic E-state index is 11.6. The van der Waals surface area contributed by atoms with E-state index in [1.54, 1.807) is 0 Å². The van der Waals surface area contributed by atoms with Crippen molar-refractivity contribution in [2.45, 2.75) is 19.3 Å². The third kappa shape index (κ3) is 1.40. The van der Waals surface area contributed by atoms with Crippen molar-refractivity contribution >= 4 is 11.6 Å². The van der Waals surface area contributed by atoms with Crippen molar-refractivity contribution < 1.29 is 10.5 Å². The Morgan fingerprint density at radius 3 is 3.00 bits per heavy atom. The molecule has 1 aromatic rings. The molecule has 4 N–H and O–H groups in total. The van der Waals surface area contributed by atoms with Gasteiger partial charge in [0, 0.05) is 12.1 Å². The van der Waals surface area contributed by atoms with Gasteiger partial charge in [-0.1, -0.05) is 17.7 Å². The fraction of sp³-hybridized carbons (Fsp3) is 0.364. The van der Waals surface area contributed by atoms with Crippen LogP contribution in [0.3, 0.4) is 0 Å². The standard InChI is InChI=1S/C11H14N2O/c1-7-2-3-10-9(6-7)8(4-5-12)11(14)13-10/h2-3,6,8H,4-5,12H2,1H3,(H,13,14)/p+1/t8-/m0/s1. The van der Waals surface area contributed by atoms with Gasteiger partial charge in [0.2, 0.25) is 5.91 Å². The molecule has 74 valence electrons. The van der Waals surface area contributed by atoms with E-state index in [1.165, 1.54) is 5.56 Å². The maximum Gasteiger partial charge on any atom is 0.232 e. The van der Waals surface area contributed by atoms with Gasteiger partial charge in [-0.25, -0.2) is 0 Å². The van der Waals surface area contributed by atoms with Crippen LogP contribution in [-0.4, -0.2) is 12.5 Å². The van der Waals surface area contributed by atoms with Gasteiger partial charge in [0.05, 0.1) is 12.5 Å². The van der Waals surface area contributed by atoms with Crippen LogP contribution in [0.4, 0.5) is 5.69 Å². The molecule has 1 aliphatic heterocycles. The minimum absolute atomic E-state index is 0.0161. The lowest BCUT2D eigenvalue weighted by molar-refractivity contribution is -0.368. The van der Waals surface area contributed by atoms with Gasteiger partial charge in [0.15, 0.2) is 0 Å². The molecule has 3 heteroatoms. The minimum Gasteiger partial charge on any atom is -0.358 e. The van der Waals surface area contributed by atoms with Crippen LogP contribution in [-0.2, 0) is 4.79 Å². The molecule has 1 aromatic carbocycles. The number of quaternary nitrogens is 1. The molecule has 1 atom stereocenters. The Kier molecular flexibility index (Phi) is 2.25. The average molecular weight is 191 g/mol. The number of carbonyl (C=O) groups is 1. The summed E-state index contributed by atoms with van der Waals surface area (Å²) in [7, 11) is 0. The van der Waals surface area contributed by atoms with E-state index in [9.17, 15) is 4.79 Å². The SMILES string of the molecule is Cc1ccc2c(c1)[C@H](CC[NH3+])C(=O)N2. The predicted octanol–water partition coefficient (Wildman–Crippen LogP) is 0.663. The van der Waals surface area contributed by atoms with Crippen LogP contribution in [0.5, 0.6) is 0 Å². The van der Waals surface area contributed by atoms with Crippen LogP contribution in [0, 0.1) is 6.92 Å². The smallest absolute Gasteiger partial charge is 0.232 e. The number of nitrogens with one attached hydrogen (secondary N) is 1. The third-order valence-electron chi connectivity index (χ3n) is 2.65. The molecule has 0 aromatic heterocycles. The Bertz CT molecular complexity index is 374. The molecule has 0 radical (unpaired) electrons. The Balaban J connectivity index is 2.39. The first kappa shape index (κ1) is 9.21. The lowest BCUT2D eigenvalue weighted by Crippen LogP contribution is -2.50. The number of anilines is 1. The first-order chi connectivity index (χ1) is 6.72. The minimum atomic E-state index is 0.0161. The molecule has 3 nitrogen and oxygen atoms in total. The summed E-state index contributed by atoms with van der Waals surface area (Å²) in [6.45, 7) is 2.84. The first-order valence-corrected chi connectivity index (χ1v) is 4.93. The molecule has 0 unspecified atom stereocenters. The number of rotatable bonds is 2. The van der Waals surface area contributed by atoms with Crippen molar-refractivity contribution in [1.82, 2.24) is 0 Å². The van der Waals surface area contributed by atoms with Gasteiger partial charge in [-0.2, -0.15) is 0 Å². The number of aryl methyl sites for hydroxylation is 1. The summed E-state index contributed by atoms with van der Waals surface area (Å²) in [5.41, 5.74) is 7.11. The van der Waals surface area contributed by atoms with Gasteiger partial charge in [0.25, 0.3) is 0 Å². The van der Waals surface area contributed by atoms with Crippen LogP contribution in [0.2, 0.25) is 0 Å². The molecular weight excluding hydrogens is 176 g/mol. The number of carbonyl (C=O) groups excluding carboxylic acids is 1. The van der Waals surface area contributed by atoms with E-state index in [2.05, 4.69) is 17.1 Å². The molecule has 14 heavy (non-hydrogen) atoms. The number of fused-ring (bicyclic) bond motifs is 1. The largest absolute Gasteiger partial charge is 0.358 e. The molecule has 0 aliphatic carbocycles. The third-order valence-corrected chi connectivity index (χ3v) is 2.65. The van der Waals surface area contributed by atoms with E-state index in [0.717, 1.165) is 24.2 Å². The van der Waals surface area contributed by atoms with Gasteiger partial charge in [-0.05, 0) is 18.6 Å². The Morgan fingerprint density at radius 2 is 2.29 bits per heavy atom. The summed E-state index contributed by atoms with van der Waals surface area (Å²) in [5.74, 6) is 0.136. The summed E-state index contributed by atoms with van der Waals surface area (Å²) < 4.78 is 0. The molecule has 0 bridgehead atoms. The topological polar surface area (TPSA) is 56.7 Å². The Hall–Kier alpha value is -1.35. The van der Waals surface area contributed by atoms with Crippen molar-refractivity contribution in [3.05, 3.63) is 29.3 Å². The first-order valence-electron chi connectivity index (χ1n) is 4.93. The molecule has 1 amide bonds. The molecular formula is C11H15N2O+. The Labute approximate surface area is 83.3 Å². The fourth-order valence-electron chi connectivity index (χ4n) is 1.94. The zero-order valence-electron chi connectivity index (χ0n) is 8.34. The van der Waals surface area contributed by atoms with Crippen molar-refractivity contribution in [3.63, 3.8) is 0 Å². The van der Waals surface area contributed by atoms with Crippen LogP contribution >= 0.6 is 0 Å². The summed E-state index contributed by atoms with van der Waals surface area (Å²) >= 11 is 0. The summed E-state index contributed by atoms with van der Waals surface area (Å²) in [4.78, 5) is 11.6. The molecule has 0 fully saturated rings. The highest BCUT2D eigenvalue weighted by Gasteiger charge is 2.29. The normalized spacial score (nSPS) is 19.3. The highest BCUT2D eigenvalue weighted by molar-refractivity contribution is 6.02. The maximum atomic E-state index is 11.6. The van der Waals surface area contributed by atoms with Gasteiger partial charge in [-0.15, -0.1) is 0 Å². The molecule has 0 spiro atoms. The van der Waals surface area contributed by atoms with Crippen molar-refractivity contribution in [1.29, 1.82) is 0 Å². The highest BCUT2D eigenvalue weighted by Crippen LogP contribution is 2.34. The second-order valence-corrected chi connectivity index (χ2v) is 3.77. The van der Waals surface area contributed by atoms with Crippen molar-refractivity contribution in [3.8, 4) is 0 Å². The summed E-state index contributed by atoms with van der Waals surface area (Å²) in [5, 5.41) is 2.89. The lowest BCUT2D eigenvalue weighted by atomic mass is 9.96. The lowest BCUT2D eigenvalue weighted by Gasteiger charge is -2.05. The number of hydrogen-bond donors (Lipinski definition) is 2. The second-order valence-electron chi connectivity index (χ2n) is 3.77. The van der Waals surface area contributed by atoms with Crippen LogP contribution in [0.25, 0.3) is 0 Å². The number of amides is 1. The van der Waals surface area contributed by atoms with Gasteiger partial charge in [-0.3, -0.25) is 4.79 Å². The zero-order valence-corrected chi connectivity index (χ0v) is 8.34. The zero-order chi connectivity index (χ0) is 10.1. The monoisotopic (exact) mass is 191 g/mol. The summed E-state index contributed by atoms with van der Waals surface area (Å²) in [6, 6.07) is 6.09. The van der Waals surface area contributed by atoms with E-state index in [1.807, 2.05) is 19.1 Å². The molecule has 0 saturated carbocycles. The van der Waals surface area contributed by atoms with Gasteiger partial charge in [0.1, 0.15) is 0 Å². The van der Waals surface area contributed by atoms with E-state index in [-0.39, 0.29) is 11.8 Å². The van der Waals surface area contributed by atoms with Crippen molar-refractivity contribution in [2.75, 3.05) is 11.9 Å². The molecule has 0 saturated heterocycles. The van der Waals surface area contributed by atoms with Crippen LogP contribution < -0.4 is 11.1 Å². The van der Waals surface area contributed by atoms with E-state index >= 15 is 0 Å². The average Bonchev–Trinajstić information content (AvgIpc) is 2.45. The van der Waals surface area contributed by atoms with Crippen LogP contribution in [0.1, 0.15) is 23.5 Å². The summed E-state index contributed by atoms with van der Waals surface area (Å²) in [6.07, 6.45) is 0.836. The number of hydrogen-bond acceptors (Lipinski definition) is 1. The second kappa shape index (κ2) is 3.42. The molecule has 2 rings (SSSR count). The highest BCUT2D eigenvalue weighted by atomic mass is 16.2. The van der Waals surface area contributed by atoms with Gasteiger partial charge < -0.3 is 11.1 Å². The number of benzene rings is 1. The predicted molar refractivity (Wildman–Crippen MR) is 54.9 cm³/mol. The fourth-order valence-corrected chi connectivity index (χ4v) is 1.94. The van der Waals surface area contributed by atoms with E-state index < -0.39 is 0 Å². The van der Waals surface area contributed by atoms with Crippen LogP contribution in [0.15, 0.2) is 18.2 Å². The molecule has 1 heterocycles. The van der Waals surface area contributed by atoms with Gasteiger partial charge >= 0.3 is 0 Å². The molecule has 1 aliphatic rings. The van der Waals surface area contributed by atoms with E-state index in [4.69, 9.17) is 0 Å². The quantitative estimate of drug-likeness (QED) is 0.709. The van der Waals surface area contributed by atoms with E-state index in [0.29, 0.717) is 0 Å². The van der Waals surface area contributed by atoms with Crippen molar-refractivity contribution in [2.24, 2.45) is 0 Å². The Morgan fingerprint density at radius 1 is 1.50 bits per heavy atom.